The van der Waals surface area contributed by atoms with Gasteiger partial charge in [0.25, 0.3) is 0 Å². The number of ether oxygens (including phenoxy) is 1. The standard InChI is InChI=1S/C16H26N4O2/c1-12-14(18-9-8-17-12)19(5)13-7-6-10-20(11-13)15(21)22-16(2,3)4/h8-9,13H,6-7,10-11H2,1-5H3/t13-/m0/s1. The summed E-state index contributed by atoms with van der Waals surface area (Å²) in [6.45, 7) is 9.03. The van der Waals surface area contributed by atoms with Gasteiger partial charge >= 0.3 is 6.09 Å². The molecule has 1 aromatic rings. The number of aromatic nitrogens is 2. The zero-order valence-corrected chi connectivity index (χ0v) is 14.2. The van der Waals surface area contributed by atoms with Crippen LogP contribution in [-0.4, -0.2) is 52.7 Å². The summed E-state index contributed by atoms with van der Waals surface area (Å²) in [6, 6.07) is 0.233. The van der Waals surface area contributed by atoms with Crippen LogP contribution in [0.25, 0.3) is 0 Å². The number of aryl methyl sites for hydroxylation is 1. The van der Waals surface area contributed by atoms with Crippen LogP contribution < -0.4 is 4.90 Å². The number of hydrogen-bond acceptors (Lipinski definition) is 5. The van der Waals surface area contributed by atoms with E-state index in [1.165, 1.54) is 0 Å². The highest BCUT2D eigenvalue weighted by Crippen LogP contribution is 2.22. The van der Waals surface area contributed by atoms with Gasteiger partial charge in [-0.15, -0.1) is 0 Å². The molecule has 0 unspecified atom stereocenters. The topological polar surface area (TPSA) is 58.6 Å². The Morgan fingerprint density at radius 3 is 2.68 bits per heavy atom. The predicted molar refractivity (Wildman–Crippen MR) is 86.0 cm³/mol. The molecule has 0 aliphatic carbocycles. The molecule has 6 heteroatoms. The molecule has 0 aromatic carbocycles. The van der Waals surface area contributed by atoms with Crippen molar-refractivity contribution in [3.8, 4) is 0 Å². The Morgan fingerprint density at radius 2 is 2.05 bits per heavy atom. The Labute approximate surface area is 132 Å². The van der Waals surface area contributed by atoms with E-state index in [1.807, 2.05) is 34.7 Å². The highest BCUT2D eigenvalue weighted by molar-refractivity contribution is 5.68. The summed E-state index contributed by atoms with van der Waals surface area (Å²) < 4.78 is 5.48. The van der Waals surface area contributed by atoms with Crippen LogP contribution in [0.2, 0.25) is 0 Å². The second kappa shape index (κ2) is 6.50. The Balaban J connectivity index is 2.04. The summed E-state index contributed by atoms with van der Waals surface area (Å²) in [7, 11) is 2.01. The fraction of sp³-hybridized carbons (Fsp3) is 0.688. The Morgan fingerprint density at radius 1 is 1.36 bits per heavy atom. The van der Waals surface area contributed by atoms with Crippen molar-refractivity contribution in [1.29, 1.82) is 0 Å². The predicted octanol–water partition coefficient (Wildman–Crippen LogP) is 2.62. The summed E-state index contributed by atoms with van der Waals surface area (Å²) in [4.78, 5) is 24.9. The molecule has 1 aliphatic rings. The average molecular weight is 306 g/mol. The molecular formula is C16H26N4O2. The molecule has 122 valence electrons. The highest BCUT2D eigenvalue weighted by Gasteiger charge is 2.30. The van der Waals surface area contributed by atoms with E-state index in [9.17, 15) is 4.79 Å². The molecule has 1 aliphatic heterocycles. The number of rotatable bonds is 2. The van der Waals surface area contributed by atoms with E-state index in [-0.39, 0.29) is 12.1 Å². The van der Waals surface area contributed by atoms with E-state index in [4.69, 9.17) is 4.74 Å². The number of carbonyl (C=O) groups is 1. The molecule has 1 amide bonds. The molecule has 6 nitrogen and oxygen atoms in total. The van der Waals surface area contributed by atoms with Gasteiger partial charge in [0, 0.05) is 38.6 Å². The van der Waals surface area contributed by atoms with Crippen molar-refractivity contribution >= 4 is 11.9 Å². The Bertz CT molecular complexity index is 527. The summed E-state index contributed by atoms with van der Waals surface area (Å²) in [5.74, 6) is 0.874. The minimum atomic E-state index is -0.461. The quantitative estimate of drug-likeness (QED) is 0.840. The molecule has 1 atom stereocenters. The average Bonchev–Trinajstić information content (AvgIpc) is 2.45. The molecule has 1 fully saturated rings. The van der Waals surface area contributed by atoms with E-state index in [0.717, 1.165) is 30.9 Å². The molecule has 1 saturated heterocycles. The maximum Gasteiger partial charge on any atom is 0.410 e. The molecule has 0 radical (unpaired) electrons. The van der Waals surface area contributed by atoms with Gasteiger partial charge in [0.1, 0.15) is 11.4 Å². The molecule has 0 N–H and O–H groups in total. The lowest BCUT2D eigenvalue weighted by atomic mass is 10.0. The second-order valence-electron chi connectivity index (χ2n) is 6.80. The number of likely N-dealkylation sites (N-methyl/N-ethyl adjacent to an activating group) is 1. The third-order valence-corrected chi connectivity index (χ3v) is 3.79. The van der Waals surface area contributed by atoms with Gasteiger partial charge in [-0.2, -0.15) is 0 Å². The Kier molecular flexibility index (Phi) is 4.88. The van der Waals surface area contributed by atoms with Crippen LogP contribution in [0, 0.1) is 6.92 Å². The smallest absolute Gasteiger partial charge is 0.410 e. The zero-order valence-electron chi connectivity index (χ0n) is 14.2. The first-order chi connectivity index (χ1) is 10.3. The van der Waals surface area contributed by atoms with Crippen LogP contribution >= 0.6 is 0 Å². The highest BCUT2D eigenvalue weighted by atomic mass is 16.6. The molecular weight excluding hydrogens is 280 g/mol. The van der Waals surface area contributed by atoms with Crippen molar-refractivity contribution in [1.82, 2.24) is 14.9 Å². The lowest BCUT2D eigenvalue weighted by Crippen LogP contribution is -2.50. The molecule has 2 rings (SSSR count). The van der Waals surface area contributed by atoms with Gasteiger partial charge in [-0.25, -0.2) is 9.78 Å². The first kappa shape index (κ1) is 16.5. The zero-order chi connectivity index (χ0) is 16.3. The van der Waals surface area contributed by atoms with Gasteiger partial charge in [-0.3, -0.25) is 4.98 Å². The van der Waals surface area contributed by atoms with Gasteiger partial charge in [-0.1, -0.05) is 0 Å². The normalized spacial score (nSPS) is 19.0. The van der Waals surface area contributed by atoms with Gasteiger partial charge in [-0.05, 0) is 40.5 Å². The SMILES string of the molecule is Cc1nccnc1N(C)[C@H]1CCCN(C(=O)OC(C)(C)C)C1. The van der Waals surface area contributed by atoms with Gasteiger partial charge in [0.15, 0.2) is 0 Å². The summed E-state index contributed by atoms with van der Waals surface area (Å²) in [6.07, 6.45) is 5.16. The molecule has 1 aromatic heterocycles. The lowest BCUT2D eigenvalue weighted by Gasteiger charge is -2.38. The number of nitrogens with zero attached hydrogens (tertiary/aromatic N) is 4. The van der Waals surface area contributed by atoms with Crippen molar-refractivity contribution in [2.24, 2.45) is 0 Å². The lowest BCUT2D eigenvalue weighted by molar-refractivity contribution is 0.0199. The van der Waals surface area contributed by atoms with Crippen LogP contribution in [0.5, 0.6) is 0 Å². The second-order valence-corrected chi connectivity index (χ2v) is 6.80. The monoisotopic (exact) mass is 306 g/mol. The first-order valence-electron chi connectivity index (χ1n) is 7.76. The summed E-state index contributed by atoms with van der Waals surface area (Å²) in [5.41, 5.74) is 0.441. The maximum atomic E-state index is 12.2. The maximum absolute atomic E-state index is 12.2. The minimum Gasteiger partial charge on any atom is -0.444 e. The van der Waals surface area contributed by atoms with E-state index < -0.39 is 5.60 Å². The number of amides is 1. The van der Waals surface area contributed by atoms with Crippen LogP contribution in [0.4, 0.5) is 10.6 Å². The van der Waals surface area contributed by atoms with E-state index >= 15 is 0 Å². The molecule has 0 saturated carbocycles. The fourth-order valence-corrected chi connectivity index (χ4v) is 2.68. The van der Waals surface area contributed by atoms with Crippen molar-refractivity contribution in [2.75, 3.05) is 25.0 Å². The number of hydrogen-bond donors (Lipinski definition) is 0. The Hall–Kier alpha value is -1.85. The fourth-order valence-electron chi connectivity index (χ4n) is 2.68. The third-order valence-electron chi connectivity index (χ3n) is 3.79. The molecule has 0 bridgehead atoms. The number of likely N-dealkylation sites (tertiary alicyclic amines) is 1. The van der Waals surface area contributed by atoms with E-state index in [1.54, 1.807) is 17.3 Å². The van der Waals surface area contributed by atoms with E-state index in [2.05, 4.69) is 14.9 Å². The van der Waals surface area contributed by atoms with Crippen LogP contribution in [0.3, 0.4) is 0 Å². The van der Waals surface area contributed by atoms with Gasteiger partial charge < -0.3 is 14.5 Å². The number of carbonyl (C=O) groups excluding carboxylic acids is 1. The minimum absolute atomic E-state index is 0.233. The summed E-state index contributed by atoms with van der Waals surface area (Å²) >= 11 is 0. The summed E-state index contributed by atoms with van der Waals surface area (Å²) in [5, 5.41) is 0. The number of piperidine rings is 1. The van der Waals surface area contributed by atoms with E-state index in [0.29, 0.717) is 6.54 Å². The molecule has 22 heavy (non-hydrogen) atoms. The third kappa shape index (κ3) is 4.08. The van der Waals surface area contributed by atoms with Crippen molar-refractivity contribution in [2.45, 2.75) is 52.2 Å². The molecule has 0 spiro atoms. The van der Waals surface area contributed by atoms with Crippen LogP contribution in [0.15, 0.2) is 12.4 Å². The first-order valence-corrected chi connectivity index (χ1v) is 7.76. The van der Waals surface area contributed by atoms with Crippen LogP contribution in [0.1, 0.15) is 39.3 Å². The molecule has 2 heterocycles. The largest absolute Gasteiger partial charge is 0.444 e. The number of anilines is 1. The van der Waals surface area contributed by atoms with Gasteiger partial charge in [0.2, 0.25) is 0 Å². The van der Waals surface area contributed by atoms with Gasteiger partial charge in [0.05, 0.1) is 5.69 Å². The van der Waals surface area contributed by atoms with Crippen molar-refractivity contribution < 1.29 is 9.53 Å². The van der Waals surface area contributed by atoms with Crippen molar-refractivity contribution in [3.63, 3.8) is 0 Å². The van der Waals surface area contributed by atoms with Crippen molar-refractivity contribution in [3.05, 3.63) is 18.1 Å². The van der Waals surface area contributed by atoms with Crippen LogP contribution in [-0.2, 0) is 4.74 Å².